The predicted molar refractivity (Wildman–Crippen MR) is 128 cm³/mol. The normalized spacial score (nSPS) is 10.8. The fourth-order valence-electron chi connectivity index (χ4n) is 3.63. The van der Waals surface area contributed by atoms with E-state index in [2.05, 4.69) is 20.6 Å². The van der Waals surface area contributed by atoms with Crippen molar-refractivity contribution < 1.29 is 18.4 Å². The summed E-state index contributed by atoms with van der Waals surface area (Å²) in [6.45, 7) is 0. The minimum Gasteiger partial charge on any atom is -0.308 e. The number of hydrogen-bond donors (Lipinski definition) is 2. The van der Waals surface area contributed by atoms with Gasteiger partial charge in [-0.15, -0.1) is 0 Å². The summed E-state index contributed by atoms with van der Waals surface area (Å²) in [7, 11) is 0. The minimum absolute atomic E-state index is 0.0594. The van der Waals surface area contributed by atoms with Gasteiger partial charge in [0.2, 0.25) is 0 Å². The molecule has 0 bridgehead atoms. The Hall–Kier alpha value is -4.92. The molecule has 7 nitrogen and oxygen atoms in total. The summed E-state index contributed by atoms with van der Waals surface area (Å²) in [6, 6.07) is 15.1. The number of pyridine rings is 1. The van der Waals surface area contributed by atoms with Gasteiger partial charge >= 0.3 is 6.03 Å². The average molecular weight is 469 g/mol. The maximum Gasteiger partial charge on any atom is 0.323 e. The third-order valence-corrected chi connectivity index (χ3v) is 5.23. The molecule has 0 saturated carbocycles. The van der Waals surface area contributed by atoms with E-state index < -0.39 is 23.4 Å². The minimum atomic E-state index is -0.705. The quantitative estimate of drug-likeness (QED) is 0.329. The molecule has 0 aliphatic carbocycles. The molecule has 0 aliphatic heterocycles. The molecule has 3 aromatic carbocycles. The van der Waals surface area contributed by atoms with E-state index >= 15 is 0 Å². The third-order valence-electron chi connectivity index (χ3n) is 5.23. The van der Waals surface area contributed by atoms with Gasteiger partial charge in [-0.2, -0.15) is 0 Å². The molecule has 2 N–H and O–H groups in total. The number of halogens is 2. The number of imidazole rings is 1. The Balaban J connectivity index is 1.39. The molecule has 0 unspecified atom stereocenters. The molecular weight excluding hydrogens is 452 g/mol. The first-order valence-electron chi connectivity index (χ1n) is 10.5. The van der Waals surface area contributed by atoms with E-state index in [0.717, 1.165) is 29.3 Å². The molecule has 0 spiro atoms. The first-order valence-corrected chi connectivity index (χ1v) is 10.5. The van der Waals surface area contributed by atoms with E-state index in [9.17, 15) is 18.4 Å². The maximum atomic E-state index is 14.3. The van der Waals surface area contributed by atoms with Crippen molar-refractivity contribution in [1.82, 2.24) is 14.5 Å². The second-order valence-electron chi connectivity index (χ2n) is 7.72. The lowest BCUT2D eigenvalue weighted by molar-refractivity contribution is 0.103. The van der Waals surface area contributed by atoms with E-state index in [1.807, 2.05) is 6.07 Å². The molecule has 0 aliphatic rings. The van der Waals surface area contributed by atoms with Gasteiger partial charge in [-0.25, -0.2) is 18.6 Å². The number of hydrogen-bond acceptors (Lipinski definition) is 4. The smallest absolute Gasteiger partial charge is 0.308 e. The second kappa shape index (κ2) is 9.14. The highest BCUT2D eigenvalue weighted by Crippen LogP contribution is 2.22. The molecule has 5 aromatic rings. The Bertz CT molecular complexity index is 1570. The van der Waals surface area contributed by atoms with Gasteiger partial charge < -0.3 is 15.2 Å². The van der Waals surface area contributed by atoms with Crippen molar-refractivity contribution in [2.45, 2.75) is 0 Å². The molecule has 0 radical (unpaired) electrons. The van der Waals surface area contributed by atoms with E-state index in [1.54, 1.807) is 47.7 Å². The highest BCUT2D eigenvalue weighted by Gasteiger charge is 2.14. The van der Waals surface area contributed by atoms with Crippen LogP contribution in [0.5, 0.6) is 0 Å². The number of aromatic nitrogens is 3. The predicted octanol–water partition coefficient (Wildman–Crippen LogP) is 5.57. The maximum absolute atomic E-state index is 14.3. The Morgan fingerprint density at radius 3 is 2.46 bits per heavy atom. The Morgan fingerprint density at radius 1 is 0.829 bits per heavy atom. The van der Waals surface area contributed by atoms with Crippen molar-refractivity contribution in [2.24, 2.45) is 0 Å². The van der Waals surface area contributed by atoms with Gasteiger partial charge in [0.15, 0.2) is 5.78 Å². The van der Waals surface area contributed by atoms with E-state index in [-0.39, 0.29) is 16.9 Å². The van der Waals surface area contributed by atoms with Gasteiger partial charge in [-0.3, -0.25) is 9.78 Å². The summed E-state index contributed by atoms with van der Waals surface area (Å²) >= 11 is 0. The van der Waals surface area contributed by atoms with Crippen LogP contribution in [0.15, 0.2) is 91.6 Å². The highest BCUT2D eigenvalue weighted by molar-refractivity contribution is 6.11. The number of carbonyl (C=O) groups excluding carboxylic acids is 2. The Morgan fingerprint density at radius 2 is 1.66 bits per heavy atom. The summed E-state index contributed by atoms with van der Waals surface area (Å²) in [5.74, 6) is -1.63. The van der Waals surface area contributed by atoms with Gasteiger partial charge in [0.05, 0.1) is 23.7 Å². The zero-order valence-electron chi connectivity index (χ0n) is 18.1. The Kier molecular flexibility index (Phi) is 5.72. The lowest BCUT2D eigenvalue weighted by atomic mass is 10.0. The lowest BCUT2D eigenvalue weighted by Crippen LogP contribution is -2.20. The van der Waals surface area contributed by atoms with E-state index in [1.165, 1.54) is 24.3 Å². The monoisotopic (exact) mass is 469 g/mol. The molecule has 172 valence electrons. The molecule has 0 fully saturated rings. The number of rotatable bonds is 5. The van der Waals surface area contributed by atoms with Crippen molar-refractivity contribution in [3.63, 3.8) is 0 Å². The van der Waals surface area contributed by atoms with Crippen LogP contribution < -0.4 is 10.6 Å². The largest absolute Gasteiger partial charge is 0.323 e. The zero-order valence-corrected chi connectivity index (χ0v) is 18.1. The van der Waals surface area contributed by atoms with Crippen molar-refractivity contribution in [3.8, 4) is 5.69 Å². The van der Waals surface area contributed by atoms with Crippen LogP contribution in [0.4, 0.5) is 25.0 Å². The first-order chi connectivity index (χ1) is 16.9. The summed E-state index contributed by atoms with van der Waals surface area (Å²) < 4.78 is 29.4. The number of anilines is 2. The number of carbonyl (C=O) groups is 2. The summed E-state index contributed by atoms with van der Waals surface area (Å²) in [6.07, 6.45) is 6.77. The highest BCUT2D eigenvalue weighted by atomic mass is 19.1. The molecule has 9 heteroatoms. The molecule has 0 atom stereocenters. The molecular formula is C26H17F2N5O2. The SMILES string of the molecule is O=C(Nc1cccc(F)c1)Nc1cc(F)cc(C(=O)c2ccc3ncc(-n4ccnc4)cc3c2)c1. The molecule has 2 aromatic heterocycles. The number of urea groups is 1. The molecule has 5 rings (SSSR count). The van der Waals surface area contributed by atoms with Crippen LogP contribution in [-0.4, -0.2) is 26.3 Å². The summed E-state index contributed by atoms with van der Waals surface area (Å²) in [5.41, 5.74) is 2.18. The molecule has 0 saturated heterocycles. The number of nitrogens with zero attached hydrogens (tertiary/aromatic N) is 3. The van der Waals surface area contributed by atoms with Crippen LogP contribution in [0.25, 0.3) is 16.6 Å². The molecule has 2 heterocycles. The van der Waals surface area contributed by atoms with Crippen LogP contribution in [0.1, 0.15) is 15.9 Å². The lowest BCUT2D eigenvalue weighted by Gasteiger charge is -2.10. The van der Waals surface area contributed by atoms with Gasteiger partial charge in [0, 0.05) is 40.3 Å². The second-order valence-corrected chi connectivity index (χ2v) is 7.72. The fourth-order valence-corrected chi connectivity index (χ4v) is 3.63. The van der Waals surface area contributed by atoms with Crippen LogP contribution in [0, 0.1) is 11.6 Å². The van der Waals surface area contributed by atoms with Gasteiger partial charge in [0.1, 0.15) is 11.6 Å². The number of benzene rings is 3. The molecule has 35 heavy (non-hydrogen) atoms. The number of amides is 2. The number of nitrogens with one attached hydrogen (secondary N) is 2. The van der Waals surface area contributed by atoms with Gasteiger partial charge in [-0.1, -0.05) is 6.07 Å². The van der Waals surface area contributed by atoms with Crippen molar-refractivity contribution in [1.29, 1.82) is 0 Å². The van der Waals surface area contributed by atoms with Crippen LogP contribution in [0.2, 0.25) is 0 Å². The van der Waals surface area contributed by atoms with Crippen molar-refractivity contribution in [2.75, 3.05) is 10.6 Å². The fraction of sp³-hybridized carbons (Fsp3) is 0. The zero-order chi connectivity index (χ0) is 24.4. The van der Waals surface area contributed by atoms with E-state index in [0.29, 0.717) is 11.1 Å². The van der Waals surface area contributed by atoms with Crippen LogP contribution in [0.3, 0.4) is 0 Å². The third kappa shape index (κ3) is 4.88. The van der Waals surface area contributed by atoms with Gasteiger partial charge in [-0.05, 0) is 60.7 Å². The average Bonchev–Trinajstić information content (AvgIpc) is 3.37. The topological polar surface area (TPSA) is 88.9 Å². The number of fused-ring (bicyclic) bond motifs is 1. The molecule has 2 amide bonds. The summed E-state index contributed by atoms with van der Waals surface area (Å²) in [5, 5.41) is 5.65. The number of ketones is 1. The van der Waals surface area contributed by atoms with Gasteiger partial charge in [0.25, 0.3) is 0 Å². The summed E-state index contributed by atoms with van der Waals surface area (Å²) in [4.78, 5) is 33.9. The van der Waals surface area contributed by atoms with Crippen molar-refractivity contribution >= 4 is 34.1 Å². The first kappa shape index (κ1) is 21.9. The Labute approximate surface area is 198 Å². The van der Waals surface area contributed by atoms with Crippen molar-refractivity contribution in [3.05, 3.63) is 114 Å². The standard InChI is InChI=1S/C26H17F2N5O2/c27-19-2-1-3-21(12-19)31-26(35)32-22-10-18(9-20(28)13-22)25(34)16-4-5-24-17(8-16)11-23(14-30-24)33-7-6-29-15-33/h1-15H,(H2,31,32,35). The van der Waals surface area contributed by atoms with Crippen LogP contribution >= 0.6 is 0 Å². The van der Waals surface area contributed by atoms with E-state index in [4.69, 9.17) is 0 Å². The van der Waals surface area contributed by atoms with Crippen LogP contribution in [-0.2, 0) is 0 Å².